The largest absolute Gasteiger partial charge is 0.359 e. The number of carbonyl (C=O) groups excluding carboxylic acids is 2. The van der Waals surface area contributed by atoms with Crippen molar-refractivity contribution in [2.45, 2.75) is 45.1 Å². The molecule has 1 N–H and O–H groups in total. The van der Waals surface area contributed by atoms with E-state index in [-0.39, 0.29) is 17.2 Å². The number of nitrogens with one attached hydrogen (secondary N) is 1. The molecule has 134 valence electrons. The minimum absolute atomic E-state index is 0.120. The molecule has 2 aromatic rings. The molecule has 0 spiro atoms. The maximum Gasteiger partial charge on any atom is 0.248 e. The van der Waals surface area contributed by atoms with Crippen LogP contribution in [0.5, 0.6) is 0 Å². The summed E-state index contributed by atoms with van der Waals surface area (Å²) in [6.45, 7) is 5.96. The average molecular weight is 352 g/mol. The first-order valence-electron chi connectivity index (χ1n) is 8.40. The average Bonchev–Trinajstić information content (AvgIpc) is 3.21. The lowest BCUT2D eigenvalue weighted by molar-refractivity contribution is -0.120. The minimum atomic E-state index is -0.620. The molecule has 0 bridgehead atoms. The van der Waals surface area contributed by atoms with Gasteiger partial charge in [-0.25, -0.2) is 0 Å². The monoisotopic (exact) mass is 352 g/mol. The first-order chi connectivity index (χ1) is 12.3. The van der Waals surface area contributed by atoms with E-state index in [0.717, 1.165) is 0 Å². The lowest BCUT2D eigenvalue weighted by Crippen LogP contribution is -2.41. The van der Waals surface area contributed by atoms with Crippen LogP contribution in [0.25, 0.3) is 0 Å². The molecule has 0 radical (unpaired) electrons. The Kier molecular flexibility index (Phi) is 4.51. The molecule has 7 nitrogen and oxygen atoms in total. The third kappa shape index (κ3) is 3.45. The second kappa shape index (κ2) is 6.64. The number of nitriles is 1. The van der Waals surface area contributed by atoms with Crippen LogP contribution in [0.3, 0.4) is 0 Å². The van der Waals surface area contributed by atoms with Gasteiger partial charge >= 0.3 is 0 Å². The summed E-state index contributed by atoms with van der Waals surface area (Å²) in [5, 5.41) is 15.5. The van der Waals surface area contributed by atoms with Crippen LogP contribution < -0.4 is 10.2 Å². The zero-order valence-electron chi connectivity index (χ0n) is 14.9. The second-order valence-corrected chi connectivity index (χ2v) is 7.29. The predicted octanol–water partition coefficient (Wildman–Crippen LogP) is 2.98. The van der Waals surface area contributed by atoms with E-state index >= 15 is 0 Å². The standard InChI is InChI=1S/C19H20N4O3/c1-19(2,3)15-10-16(22-26-15)21-18(25)14-8-9-17(24)23(14)13-6-4-12(11-20)5-7-13/h4-7,10,14H,8-9H2,1-3H3,(H,21,22,25). The van der Waals surface area contributed by atoms with E-state index in [0.29, 0.717) is 35.7 Å². The highest BCUT2D eigenvalue weighted by Crippen LogP contribution is 2.29. The summed E-state index contributed by atoms with van der Waals surface area (Å²) >= 11 is 0. The highest BCUT2D eigenvalue weighted by Gasteiger charge is 2.37. The van der Waals surface area contributed by atoms with Gasteiger partial charge < -0.3 is 9.84 Å². The van der Waals surface area contributed by atoms with Crippen LogP contribution in [0.2, 0.25) is 0 Å². The van der Waals surface area contributed by atoms with Gasteiger partial charge in [0.15, 0.2) is 5.82 Å². The third-order valence-corrected chi connectivity index (χ3v) is 4.29. The highest BCUT2D eigenvalue weighted by atomic mass is 16.5. The van der Waals surface area contributed by atoms with Gasteiger partial charge in [0.1, 0.15) is 11.8 Å². The van der Waals surface area contributed by atoms with Crippen molar-refractivity contribution in [1.29, 1.82) is 5.26 Å². The van der Waals surface area contributed by atoms with Gasteiger partial charge in [-0.1, -0.05) is 25.9 Å². The lowest BCUT2D eigenvalue weighted by atomic mass is 9.93. The number of hydrogen-bond acceptors (Lipinski definition) is 5. The lowest BCUT2D eigenvalue weighted by Gasteiger charge is -2.23. The van der Waals surface area contributed by atoms with Gasteiger partial charge in [0, 0.05) is 23.6 Å². The molecule has 7 heteroatoms. The van der Waals surface area contributed by atoms with Crippen LogP contribution in [-0.4, -0.2) is 23.0 Å². The van der Waals surface area contributed by atoms with Crippen LogP contribution >= 0.6 is 0 Å². The fraction of sp³-hybridized carbons (Fsp3) is 0.368. The summed E-state index contributed by atoms with van der Waals surface area (Å²) < 4.78 is 5.27. The number of amides is 2. The maximum atomic E-state index is 12.7. The zero-order valence-corrected chi connectivity index (χ0v) is 14.9. The molecule has 26 heavy (non-hydrogen) atoms. The molecule has 0 aliphatic carbocycles. The van der Waals surface area contributed by atoms with Crippen molar-refractivity contribution >= 4 is 23.3 Å². The molecule has 1 aromatic heterocycles. The summed E-state index contributed by atoms with van der Waals surface area (Å²) in [4.78, 5) is 26.4. The Morgan fingerprint density at radius 1 is 1.35 bits per heavy atom. The Morgan fingerprint density at radius 3 is 2.62 bits per heavy atom. The molecule has 3 rings (SSSR count). The molecule has 1 aliphatic rings. The summed E-state index contributed by atoms with van der Waals surface area (Å²) in [5.41, 5.74) is 0.884. The van der Waals surface area contributed by atoms with Crippen molar-refractivity contribution in [3.05, 3.63) is 41.7 Å². The molecule has 1 unspecified atom stereocenters. The quantitative estimate of drug-likeness (QED) is 0.915. The molecule has 1 aliphatic heterocycles. The molecular weight excluding hydrogens is 332 g/mol. The van der Waals surface area contributed by atoms with E-state index in [1.54, 1.807) is 30.3 Å². The van der Waals surface area contributed by atoms with Gasteiger partial charge in [-0.05, 0) is 30.7 Å². The Labute approximate surface area is 151 Å². The first-order valence-corrected chi connectivity index (χ1v) is 8.40. The summed E-state index contributed by atoms with van der Waals surface area (Å²) in [6.07, 6.45) is 0.721. The number of benzene rings is 1. The van der Waals surface area contributed by atoms with Crippen LogP contribution in [0.15, 0.2) is 34.9 Å². The Balaban J connectivity index is 1.78. The van der Waals surface area contributed by atoms with E-state index in [1.165, 1.54) is 4.90 Å². The number of hydrogen-bond donors (Lipinski definition) is 1. The zero-order chi connectivity index (χ0) is 18.9. The van der Waals surface area contributed by atoms with Gasteiger partial charge in [-0.3, -0.25) is 14.5 Å². The van der Waals surface area contributed by atoms with Gasteiger partial charge in [0.25, 0.3) is 0 Å². The molecule has 1 saturated heterocycles. The van der Waals surface area contributed by atoms with E-state index in [1.807, 2.05) is 26.8 Å². The van der Waals surface area contributed by atoms with Crippen LogP contribution in [-0.2, 0) is 15.0 Å². The molecule has 1 aromatic carbocycles. The molecule has 2 amide bonds. The molecule has 0 saturated carbocycles. The topological polar surface area (TPSA) is 99.2 Å². The van der Waals surface area contributed by atoms with Crippen LogP contribution in [0.1, 0.15) is 44.9 Å². The van der Waals surface area contributed by atoms with Gasteiger partial charge in [-0.15, -0.1) is 0 Å². The van der Waals surface area contributed by atoms with Gasteiger partial charge in [-0.2, -0.15) is 5.26 Å². The number of carbonyl (C=O) groups is 2. The van der Waals surface area contributed by atoms with Crippen molar-refractivity contribution < 1.29 is 14.1 Å². The predicted molar refractivity (Wildman–Crippen MR) is 95.5 cm³/mol. The fourth-order valence-electron chi connectivity index (χ4n) is 2.85. The Morgan fingerprint density at radius 2 is 2.04 bits per heavy atom. The Bertz CT molecular complexity index is 871. The SMILES string of the molecule is CC(C)(C)c1cc(NC(=O)C2CCC(=O)N2c2ccc(C#N)cc2)no1. The Hall–Kier alpha value is -3.14. The number of rotatable bonds is 3. The summed E-state index contributed by atoms with van der Waals surface area (Å²) in [6, 6.07) is 9.72. The van der Waals surface area contributed by atoms with Crippen molar-refractivity contribution in [2.24, 2.45) is 0 Å². The van der Waals surface area contributed by atoms with E-state index in [4.69, 9.17) is 9.78 Å². The van der Waals surface area contributed by atoms with Crippen molar-refractivity contribution in [2.75, 3.05) is 10.2 Å². The minimum Gasteiger partial charge on any atom is -0.359 e. The smallest absolute Gasteiger partial charge is 0.248 e. The number of nitrogens with zero attached hydrogens (tertiary/aromatic N) is 3. The molecule has 1 atom stereocenters. The molecule has 1 fully saturated rings. The van der Waals surface area contributed by atoms with Crippen molar-refractivity contribution in [3.8, 4) is 6.07 Å². The van der Waals surface area contributed by atoms with E-state index in [2.05, 4.69) is 10.5 Å². The van der Waals surface area contributed by atoms with Crippen molar-refractivity contribution in [3.63, 3.8) is 0 Å². The number of anilines is 2. The summed E-state index contributed by atoms with van der Waals surface area (Å²) in [7, 11) is 0. The van der Waals surface area contributed by atoms with Gasteiger partial charge in [0.2, 0.25) is 11.8 Å². The van der Waals surface area contributed by atoms with E-state index < -0.39 is 6.04 Å². The third-order valence-electron chi connectivity index (χ3n) is 4.29. The first kappa shape index (κ1) is 17.7. The normalized spacial score (nSPS) is 17.2. The maximum absolute atomic E-state index is 12.7. The highest BCUT2D eigenvalue weighted by molar-refractivity contribution is 6.07. The van der Waals surface area contributed by atoms with Crippen molar-refractivity contribution in [1.82, 2.24) is 5.16 Å². The van der Waals surface area contributed by atoms with Gasteiger partial charge in [0.05, 0.1) is 11.6 Å². The fourth-order valence-corrected chi connectivity index (χ4v) is 2.85. The van der Waals surface area contributed by atoms with Crippen LogP contribution in [0.4, 0.5) is 11.5 Å². The second-order valence-electron chi connectivity index (χ2n) is 7.29. The summed E-state index contributed by atoms with van der Waals surface area (Å²) in [5.74, 6) is 0.567. The number of aromatic nitrogens is 1. The van der Waals surface area contributed by atoms with E-state index in [9.17, 15) is 9.59 Å². The molecule has 2 heterocycles. The molecular formula is C19H20N4O3. The van der Waals surface area contributed by atoms with Crippen LogP contribution in [0, 0.1) is 11.3 Å².